The van der Waals surface area contributed by atoms with Crippen molar-refractivity contribution in [1.82, 2.24) is 9.97 Å². The van der Waals surface area contributed by atoms with Crippen molar-refractivity contribution in [2.75, 3.05) is 17.2 Å². The summed E-state index contributed by atoms with van der Waals surface area (Å²) in [6.07, 6.45) is -0.711. The van der Waals surface area contributed by atoms with Crippen LogP contribution >= 0.6 is 31.9 Å². The predicted molar refractivity (Wildman–Crippen MR) is 112 cm³/mol. The lowest BCUT2D eigenvalue weighted by Crippen LogP contribution is -2.23. The van der Waals surface area contributed by atoms with E-state index in [0.29, 0.717) is 26.3 Å². The monoisotopic (exact) mass is 528 g/mol. The zero-order valence-corrected chi connectivity index (χ0v) is 18.7. The van der Waals surface area contributed by atoms with Crippen LogP contribution in [-0.2, 0) is 14.3 Å². The van der Waals surface area contributed by atoms with Crippen LogP contribution < -0.4 is 10.6 Å². The summed E-state index contributed by atoms with van der Waals surface area (Å²) in [5.74, 6) is -1.01. The van der Waals surface area contributed by atoms with Crippen LogP contribution in [0.3, 0.4) is 0 Å². The van der Waals surface area contributed by atoms with Gasteiger partial charge in [-0.25, -0.2) is 14.8 Å². The molecule has 0 bridgehead atoms. The summed E-state index contributed by atoms with van der Waals surface area (Å²) < 4.78 is 5.99. The third kappa shape index (κ3) is 6.58. The Balaban J connectivity index is 0.000000211. The molecule has 29 heavy (non-hydrogen) atoms. The number of nitrogens with zero attached hydrogens (tertiary/aromatic N) is 2. The van der Waals surface area contributed by atoms with Gasteiger partial charge in [-0.2, -0.15) is 0 Å². The highest BCUT2D eigenvalue weighted by Gasteiger charge is 2.24. The van der Waals surface area contributed by atoms with Gasteiger partial charge in [-0.1, -0.05) is 0 Å². The zero-order valence-electron chi connectivity index (χ0n) is 15.5. The second kappa shape index (κ2) is 10.4. The molecule has 1 aliphatic heterocycles. The minimum atomic E-state index is -0.791. The molecule has 0 saturated heterocycles. The van der Waals surface area contributed by atoms with Gasteiger partial charge in [-0.15, -0.1) is 0 Å². The molecule has 154 valence electrons. The van der Waals surface area contributed by atoms with Crippen LogP contribution in [0.2, 0.25) is 0 Å². The summed E-state index contributed by atoms with van der Waals surface area (Å²) >= 11 is 6.35. The Morgan fingerprint density at radius 1 is 1.24 bits per heavy atom. The molecule has 2 aromatic heterocycles. The number of halogens is 2. The Morgan fingerprint density at radius 3 is 2.55 bits per heavy atom. The topological polar surface area (TPSA) is 131 Å². The van der Waals surface area contributed by atoms with Crippen molar-refractivity contribution in [3.05, 3.63) is 44.9 Å². The molecular weight excluding hydrogens is 512 g/mol. The van der Waals surface area contributed by atoms with Gasteiger partial charge in [0.2, 0.25) is 11.8 Å². The first-order valence-electron chi connectivity index (χ1n) is 8.46. The first-order valence-corrected chi connectivity index (χ1v) is 10.1. The molecule has 0 aliphatic carbocycles. The van der Waals surface area contributed by atoms with Crippen LogP contribution in [0.15, 0.2) is 33.5 Å². The number of fused-ring (bicyclic) bond motifs is 1. The number of carbonyl (C=O) groups is 3. The van der Waals surface area contributed by atoms with E-state index in [-0.39, 0.29) is 30.5 Å². The lowest BCUT2D eigenvalue weighted by atomic mass is 10.1. The van der Waals surface area contributed by atoms with Gasteiger partial charge in [0.25, 0.3) is 0 Å². The summed E-state index contributed by atoms with van der Waals surface area (Å²) in [5.41, 5.74) is 1.54. The molecule has 9 nitrogen and oxygen atoms in total. The summed E-state index contributed by atoms with van der Waals surface area (Å²) in [4.78, 5) is 41.5. The molecule has 2 amide bonds. The number of amides is 2. The maximum Gasteiger partial charge on any atom is 0.359 e. The minimum Gasteiger partial charge on any atom is -0.461 e. The number of anilines is 2. The SMILES string of the molecule is CCOC(=O)c1nc(Br)ccc1NC(C)=O.O=C1CC(O)c2nc(Br)ccc2N1. The van der Waals surface area contributed by atoms with Crippen LogP contribution in [-0.4, -0.2) is 39.5 Å². The number of aromatic nitrogens is 2. The quantitative estimate of drug-likeness (QED) is 0.411. The number of pyridine rings is 2. The van der Waals surface area contributed by atoms with Crippen molar-refractivity contribution in [2.45, 2.75) is 26.4 Å². The van der Waals surface area contributed by atoms with Gasteiger partial charge in [0.05, 0.1) is 30.1 Å². The second-order valence-electron chi connectivity index (χ2n) is 5.77. The third-order valence-electron chi connectivity index (χ3n) is 3.50. The third-order valence-corrected chi connectivity index (χ3v) is 4.38. The molecule has 0 fully saturated rings. The number of rotatable bonds is 3. The highest BCUT2D eigenvalue weighted by Crippen LogP contribution is 2.29. The van der Waals surface area contributed by atoms with Gasteiger partial charge in [0.1, 0.15) is 15.3 Å². The fourth-order valence-electron chi connectivity index (χ4n) is 2.36. The standard InChI is InChI=1S/C10H11BrN2O3.C8H7BrN2O2/c1-3-16-10(15)9-7(12-6(2)14)4-5-8(11)13-9;9-6-2-1-4-8(11-6)5(12)3-7(13)10-4/h4-5H,3H2,1-2H3,(H,12,14);1-2,5,12H,3H2,(H,10,13). The highest BCUT2D eigenvalue weighted by atomic mass is 79.9. The maximum atomic E-state index is 11.5. The number of carbonyl (C=O) groups excluding carboxylic acids is 3. The van der Waals surface area contributed by atoms with Gasteiger partial charge in [0, 0.05) is 6.92 Å². The first kappa shape index (κ1) is 22.9. The maximum absolute atomic E-state index is 11.5. The van der Waals surface area contributed by atoms with Crippen LogP contribution in [0.1, 0.15) is 42.6 Å². The molecule has 3 N–H and O–H groups in total. The fourth-order valence-corrected chi connectivity index (χ4v) is 3.00. The van der Waals surface area contributed by atoms with Gasteiger partial charge in [-0.05, 0) is 63.0 Å². The van der Waals surface area contributed by atoms with E-state index in [1.54, 1.807) is 31.2 Å². The number of hydrogen-bond donors (Lipinski definition) is 3. The number of ether oxygens (including phenoxy) is 1. The van der Waals surface area contributed by atoms with E-state index in [1.807, 2.05) is 0 Å². The van der Waals surface area contributed by atoms with E-state index in [0.717, 1.165) is 0 Å². The normalized spacial score (nSPS) is 14.7. The molecule has 0 radical (unpaired) electrons. The highest BCUT2D eigenvalue weighted by molar-refractivity contribution is 9.10. The largest absolute Gasteiger partial charge is 0.461 e. The van der Waals surface area contributed by atoms with Crippen LogP contribution in [0.5, 0.6) is 0 Å². The lowest BCUT2D eigenvalue weighted by molar-refractivity contribution is -0.118. The van der Waals surface area contributed by atoms with Crippen LogP contribution in [0.25, 0.3) is 0 Å². The van der Waals surface area contributed by atoms with Crippen molar-refractivity contribution >= 4 is 61.0 Å². The smallest absolute Gasteiger partial charge is 0.359 e. The zero-order chi connectivity index (χ0) is 21.6. The molecule has 3 heterocycles. The lowest BCUT2D eigenvalue weighted by Gasteiger charge is -2.20. The van der Waals surface area contributed by atoms with Crippen molar-refractivity contribution in [3.8, 4) is 0 Å². The number of esters is 1. The molecule has 0 aromatic carbocycles. The van der Waals surface area contributed by atoms with E-state index in [9.17, 15) is 19.5 Å². The number of aliphatic hydroxyl groups excluding tert-OH is 1. The van der Waals surface area contributed by atoms with Gasteiger partial charge in [-0.3, -0.25) is 9.59 Å². The Hall–Kier alpha value is -2.37. The van der Waals surface area contributed by atoms with E-state index in [4.69, 9.17) is 4.74 Å². The van der Waals surface area contributed by atoms with Crippen LogP contribution in [0.4, 0.5) is 11.4 Å². The molecule has 1 unspecified atom stereocenters. The molecule has 11 heteroatoms. The molecule has 0 spiro atoms. The minimum absolute atomic E-state index is 0.0798. The fraction of sp³-hybridized carbons (Fsp3) is 0.278. The summed E-state index contributed by atoms with van der Waals surface area (Å²) in [7, 11) is 0. The van der Waals surface area contributed by atoms with Crippen molar-refractivity contribution < 1.29 is 24.2 Å². The number of nitrogens with one attached hydrogen (secondary N) is 2. The van der Waals surface area contributed by atoms with Crippen molar-refractivity contribution in [3.63, 3.8) is 0 Å². The molecule has 1 atom stereocenters. The number of aliphatic hydroxyl groups is 1. The van der Waals surface area contributed by atoms with E-state index in [2.05, 4.69) is 52.5 Å². The molecule has 2 aromatic rings. The second-order valence-corrected chi connectivity index (χ2v) is 7.39. The Bertz CT molecular complexity index is 938. The average Bonchev–Trinajstić information content (AvgIpc) is 2.64. The summed E-state index contributed by atoms with van der Waals surface area (Å²) in [6.45, 7) is 3.32. The Labute approximate surface area is 183 Å². The predicted octanol–water partition coefficient (Wildman–Crippen LogP) is 3.20. The number of hydrogen-bond acceptors (Lipinski definition) is 7. The molecular formula is C18H18Br2N4O5. The Kier molecular flexibility index (Phi) is 8.23. The molecule has 3 rings (SSSR count). The molecule has 0 saturated carbocycles. The van der Waals surface area contributed by atoms with Gasteiger partial charge < -0.3 is 20.5 Å². The van der Waals surface area contributed by atoms with Gasteiger partial charge >= 0.3 is 5.97 Å². The van der Waals surface area contributed by atoms with Crippen molar-refractivity contribution in [1.29, 1.82) is 0 Å². The van der Waals surface area contributed by atoms with Crippen LogP contribution in [0, 0.1) is 0 Å². The van der Waals surface area contributed by atoms with E-state index >= 15 is 0 Å². The first-order chi connectivity index (χ1) is 13.7. The summed E-state index contributed by atoms with van der Waals surface area (Å²) in [6, 6.07) is 6.66. The van der Waals surface area contributed by atoms with Gasteiger partial charge in [0.15, 0.2) is 5.69 Å². The van der Waals surface area contributed by atoms with E-state index in [1.165, 1.54) is 6.92 Å². The summed E-state index contributed by atoms with van der Waals surface area (Å²) in [5, 5.41) is 14.7. The van der Waals surface area contributed by atoms with Crippen molar-refractivity contribution in [2.24, 2.45) is 0 Å². The van der Waals surface area contributed by atoms with E-state index < -0.39 is 12.1 Å². The average molecular weight is 530 g/mol. The Morgan fingerprint density at radius 2 is 1.90 bits per heavy atom. The molecule has 1 aliphatic rings.